The van der Waals surface area contributed by atoms with Crippen LogP contribution in [0.25, 0.3) is 0 Å². The van der Waals surface area contributed by atoms with Crippen LogP contribution in [0.1, 0.15) is 19.8 Å². The van der Waals surface area contributed by atoms with Crippen LogP contribution in [0, 0.1) is 0 Å². The Morgan fingerprint density at radius 2 is 2.45 bits per heavy atom. The summed E-state index contributed by atoms with van der Waals surface area (Å²) < 4.78 is 10.0. The van der Waals surface area contributed by atoms with Crippen molar-refractivity contribution in [3.63, 3.8) is 0 Å². The van der Waals surface area contributed by atoms with E-state index in [2.05, 4.69) is 0 Å². The Kier molecular flexibility index (Phi) is 3.15. The van der Waals surface area contributed by atoms with Gasteiger partial charge in [-0.25, -0.2) is 0 Å². The molecule has 0 aromatic carbocycles. The lowest BCUT2D eigenvalue weighted by atomic mass is 10.1. The van der Waals surface area contributed by atoms with Gasteiger partial charge in [-0.05, 0) is 0 Å². The summed E-state index contributed by atoms with van der Waals surface area (Å²) in [6.07, 6.45) is 1.30. The third-order valence-electron chi connectivity index (χ3n) is 1.52. The van der Waals surface area contributed by atoms with Gasteiger partial charge in [-0.3, -0.25) is 4.79 Å². The highest BCUT2D eigenvalue weighted by Crippen LogP contribution is 2.19. The van der Waals surface area contributed by atoms with Gasteiger partial charge in [-0.15, -0.1) is 0 Å². The Labute approximate surface area is 70.6 Å². The lowest BCUT2D eigenvalue weighted by molar-refractivity contribution is -0.151. The Morgan fingerprint density at radius 1 is 1.73 bits per heavy atom. The minimum absolute atomic E-state index is 0.0521. The average molecular weight is 179 g/mol. The second kappa shape index (κ2) is 3.93. The Morgan fingerprint density at radius 3 is 3.00 bits per heavy atom. The predicted octanol–water partition coefficient (Wildman–Crippen LogP) is 1.29. The summed E-state index contributed by atoms with van der Waals surface area (Å²) in [5.41, 5.74) is -0.298. The van der Waals surface area contributed by atoms with Crippen LogP contribution in [0.4, 0.5) is 0 Å². The van der Waals surface area contributed by atoms with Gasteiger partial charge in [0.1, 0.15) is 11.7 Å². The van der Waals surface area contributed by atoms with E-state index in [4.69, 9.17) is 21.1 Å². The molecular weight excluding hydrogens is 168 g/mol. The molecule has 1 rings (SSSR count). The number of ether oxygens (including phenoxy) is 2. The van der Waals surface area contributed by atoms with Crippen molar-refractivity contribution in [2.24, 2.45) is 0 Å². The van der Waals surface area contributed by atoms with Crippen molar-refractivity contribution in [2.45, 2.75) is 31.4 Å². The van der Waals surface area contributed by atoms with Gasteiger partial charge in [0.15, 0.2) is 0 Å². The summed E-state index contributed by atoms with van der Waals surface area (Å²) in [5, 5.41) is 0. The van der Waals surface area contributed by atoms with E-state index in [1.165, 1.54) is 6.92 Å². The van der Waals surface area contributed by atoms with Crippen molar-refractivity contribution in [3.05, 3.63) is 0 Å². The summed E-state index contributed by atoms with van der Waals surface area (Å²) in [4.78, 5) is 10.5. The molecule has 0 aromatic rings. The van der Waals surface area contributed by atoms with Crippen LogP contribution in [-0.2, 0) is 14.3 Å². The first-order valence-electron chi connectivity index (χ1n) is 3.61. The van der Waals surface area contributed by atoms with Crippen LogP contribution in [0.15, 0.2) is 0 Å². The lowest BCUT2D eigenvalue weighted by Gasteiger charge is -2.25. The minimum Gasteiger partial charge on any atom is -0.462 e. The molecule has 1 saturated heterocycles. The van der Waals surface area contributed by atoms with Crippen molar-refractivity contribution in [3.8, 4) is 0 Å². The molecule has 0 spiro atoms. The SMILES string of the molecule is CC(=O)O[C@H]1CCO[C@H](Cl)C1. The van der Waals surface area contributed by atoms with E-state index in [9.17, 15) is 4.79 Å². The summed E-state index contributed by atoms with van der Waals surface area (Å²) in [6, 6.07) is 0. The topological polar surface area (TPSA) is 35.5 Å². The van der Waals surface area contributed by atoms with E-state index in [1.54, 1.807) is 0 Å². The Hall–Kier alpha value is -0.280. The summed E-state index contributed by atoms with van der Waals surface area (Å²) in [5.74, 6) is -0.249. The molecule has 1 aliphatic heterocycles. The Bertz CT molecular complexity index is 149. The highest BCUT2D eigenvalue weighted by Gasteiger charge is 2.22. The zero-order valence-electron chi connectivity index (χ0n) is 6.38. The van der Waals surface area contributed by atoms with Gasteiger partial charge in [0.05, 0.1) is 6.61 Å². The third-order valence-corrected chi connectivity index (χ3v) is 1.82. The molecule has 11 heavy (non-hydrogen) atoms. The molecule has 1 heterocycles. The van der Waals surface area contributed by atoms with E-state index >= 15 is 0 Å². The fourth-order valence-electron chi connectivity index (χ4n) is 1.06. The lowest BCUT2D eigenvalue weighted by Crippen LogP contribution is -2.28. The van der Waals surface area contributed by atoms with E-state index in [0.717, 1.165) is 6.42 Å². The van der Waals surface area contributed by atoms with Gasteiger partial charge in [0, 0.05) is 19.8 Å². The van der Waals surface area contributed by atoms with E-state index < -0.39 is 0 Å². The minimum atomic E-state index is -0.298. The number of hydrogen-bond acceptors (Lipinski definition) is 3. The molecule has 0 N–H and O–H groups in total. The largest absolute Gasteiger partial charge is 0.462 e. The van der Waals surface area contributed by atoms with Crippen LogP contribution in [0.3, 0.4) is 0 Å². The number of rotatable bonds is 1. The van der Waals surface area contributed by atoms with E-state index in [-0.39, 0.29) is 17.6 Å². The van der Waals surface area contributed by atoms with Gasteiger partial charge < -0.3 is 9.47 Å². The van der Waals surface area contributed by atoms with Gasteiger partial charge >= 0.3 is 5.97 Å². The monoisotopic (exact) mass is 178 g/mol. The first-order valence-corrected chi connectivity index (χ1v) is 4.05. The number of hydrogen-bond donors (Lipinski definition) is 0. The molecule has 0 amide bonds. The molecular formula is C7H11ClO3. The second-order valence-corrected chi connectivity index (χ2v) is 3.02. The third kappa shape index (κ3) is 3.08. The number of carbonyl (C=O) groups is 1. The molecule has 0 aliphatic carbocycles. The number of esters is 1. The molecule has 0 radical (unpaired) electrons. The number of carbonyl (C=O) groups excluding carboxylic acids is 1. The van der Waals surface area contributed by atoms with E-state index in [1.807, 2.05) is 0 Å². The number of halogens is 1. The highest BCUT2D eigenvalue weighted by atomic mass is 35.5. The fraction of sp³-hybridized carbons (Fsp3) is 0.857. The Balaban J connectivity index is 2.28. The smallest absolute Gasteiger partial charge is 0.302 e. The molecule has 4 heteroatoms. The first kappa shape index (κ1) is 8.81. The molecule has 0 unspecified atom stereocenters. The van der Waals surface area contributed by atoms with Crippen LogP contribution < -0.4 is 0 Å². The highest BCUT2D eigenvalue weighted by molar-refractivity contribution is 6.19. The van der Waals surface area contributed by atoms with Crippen molar-refractivity contribution in [1.82, 2.24) is 0 Å². The van der Waals surface area contributed by atoms with Crippen molar-refractivity contribution in [1.29, 1.82) is 0 Å². The van der Waals surface area contributed by atoms with Gasteiger partial charge in [0.2, 0.25) is 0 Å². The zero-order valence-corrected chi connectivity index (χ0v) is 7.13. The maximum atomic E-state index is 10.5. The summed E-state index contributed by atoms with van der Waals surface area (Å²) in [6.45, 7) is 1.98. The number of alkyl halides is 1. The molecule has 0 saturated carbocycles. The maximum Gasteiger partial charge on any atom is 0.302 e. The van der Waals surface area contributed by atoms with Crippen molar-refractivity contribution < 1.29 is 14.3 Å². The molecule has 2 atom stereocenters. The molecule has 1 aliphatic rings. The second-order valence-electron chi connectivity index (χ2n) is 2.54. The summed E-state index contributed by atoms with van der Waals surface area (Å²) >= 11 is 5.68. The van der Waals surface area contributed by atoms with Crippen molar-refractivity contribution in [2.75, 3.05) is 6.61 Å². The molecule has 64 valence electrons. The fourth-order valence-corrected chi connectivity index (χ4v) is 1.35. The van der Waals surface area contributed by atoms with Gasteiger partial charge in [-0.2, -0.15) is 0 Å². The predicted molar refractivity (Wildman–Crippen MR) is 40.4 cm³/mol. The standard InChI is InChI=1S/C7H11ClO3/c1-5(9)11-6-2-3-10-7(8)4-6/h6-7H,2-4H2,1H3/t6-,7-/m0/s1. The van der Waals surface area contributed by atoms with Crippen molar-refractivity contribution >= 4 is 17.6 Å². The average Bonchev–Trinajstić information content (AvgIpc) is 1.85. The molecule has 3 nitrogen and oxygen atoms in total. The molecule has 0 bridgehead atoms. The van der Waals surface area contributed by atoms with Gasteiger partial charge in [0.25, 0.3) is 0 Å². The zero-order chi connectivity index (χ0) is 8.27. The van der Waals surface area contributed by atoms with E-state index in [0.29, 0.717) is 13.0 Å². The first-order chi connectivity index (χ1) is 5.18. The van der Waals surface area contributed by atoms with Crippen LogP contribution in [-0.4, -0.2) is 24.2 Å². The molecule has 0 aromatic heterocycles. The summed E-state index contributed by atoms with van der Waals surface area (Å²) in [7, 11) is 0. The quantitative estimate of drug-likeness (QED) is 0.449. The van der Waals surface area contributed by atoms with Crippen LogP contribution in [0.5, 0.6) is 0 Å². The van der Waals surface area contributed by atoms with Crippen LogP contribution >= 0.6 is 11.6 Å². The van der Waals surface area contributed by atoms with Gasteiger partial charge in [-0.1, -0.05) is 11.6 Å². The molecule has 1 fully saturated rings. The van der Waals surface area contributed by atoms with Crippen LogP contribution in [0.2, 0.25) is 0 Å². The maximum absolute atomic E-state index is 10.5. The normalized spacial score (nSPS) is 31.5.